The summed E-state index contributed by atoms with van der Waals surface area (Å²) < 4.78 is 46.7. The zero-order valence-corrected chi connectivity index (χ0v) is 29.0. The van der Waals surface area contributed by atoms with Gasteiger partial charge < -0.3 is 18.5 Å². The van der Waals surface area contributed by atoms with Crippen molar-refractivity contribution in [3.8, 4) is 0 Å². The Kier molecular flexibility index (Phi) is 10.2. The van der Waals surface area contributed by atoms with Gasteiger partial charge in [-0.25, -0.2) is 13.2 Å². The number of carbonyl (C=O) groups excluding carboxylic acids is 2. The van der Waals surface area contributed by atoms with Crippen LogP contribution in [0.2, 0.25) is 10.0 Å². The van der Waals surface area contributed by atoms with Crippen molar-refractivity contribution >= 4 is 77.7 Å². The number of anilines is 1. The van der Waals surface area contributed by atoms with Crippen LogP contribution >= 0.6 is 39.1 Å². The van der Waals surface area contributed by atoms with Crippen molar-refractivity contribution in [2.75, 3.05) is 17.5 Å². The average molecular weight is 748 g/mol. The molecule has 240 valence electrons. The monoisotopic (exact) mass is 746 g/mol. The number of furan rings is 2. The summed E-state index contributed by atoms with van der Waals surface area (Å²) in [7, 11) is -4.16. The molecule has 2 aromatic heterocycles. The van der Waals surface area contributed by atoms with E-state index in [0.29, 0.717) is 43.2 Å². The van der Waals surface area contributed by atoms with Gasteiger partial charge in [-0.1, -0.05) is 35.3 Å². The first-order valence-electron chi connectivity index (χ1n) is 14.2. The van der Waals surface area contributed by atoms with Gasteiger partial charge in [0.25, 0.3) is 15.9 Å². The molecule has 0 bridgehead atoms. The minimum atomic E-state index is -4.16. The molecular formula is C33H29BrCl2N2O7S. The summed E-state index contributed by atoms with van der Waals surface area (Å²) in [6.07, 6.45) is 0. The van der Waals surface area contributed by atoms with Crippen molar-refractivity contribution < 1.29 is 31.6 Å². The number of amides is 1. The Morgan fingerprint density at radius 1 is 0.935 bits per heavy atom. The molecule has 0 fully saturated rings. The van der Waals surface area contributed by atoms with Gasteiger partial charge >= 0.3 is 5.97 Å². The molecule has 0 aliphatic heterocycles. The fourth-order valence-electron chi connectivity index (χ4n) is 5.11. The highest BCUT2D eigenvalue weighted by Crippen LogP contribution is 2.34. The highest BCUT2D eigenvalue weighted by Gasteiger charge is 2.29. The van der Waals surface area contributed by atoms with Crippen LogP contribution in [-0.4, -0.2) is 38.3 Å². The van der Waals surface area contributed by atoms with Crippen LogP contribution in [0.4, 0.5) is 5.69 Å². The number of hydrogen-bond donors (Lipinski definition) is 0. The minimum Gasteiger partial charge on any atom is -0.460 e. The molecule has 0 saturated carbocycles. The third kappa shape index (κ3) is 6.83. The molecule has 0 aliphatic rings. The highest BCUT2D eigenvalue weighted by molar-refractivity contribution is 9.10. The molecule has 5 rings (SSSR count). The lowest BCUT2D eigenvalue weighted by Gasteiger charge is -2.28. The van der Waals surface area contributed by atoms with Gasteiger partial charge in [-0.3, -0.25) is 9.10 Å². The summed E-state index contributed by atoms with van der Waals surface area (Å²) in [5, 5.41) is 1.11. The number of hydrogen-bond acceptors (Lipinski definition) is 7. The Balaban J connectivity index is 1.55. The molecule has 0 N–H and O–H groups in total. The molecule has 5 aromatic rings. The predicted octanol–water partition coefficient (Wildman–Crippen LogP) is 8.64. The van der Waals surface area contributed by atoms with Gasteiger partial charge in [0.05, 0.1) is 34.3 Å². The normalized spacial score (nSPS) is 11.5. The molecule has 0 atom stereocenters. The third-order valence-corrected chi connectivity index (χ3v) is 10.2. The second kappa shape index (κ2) is 13.9. The number of aryl methyl sites for hydroxylation is 1. The van der Waals surface area contributed by atoms with E-state index in [1.165, 1.54) is 27.4 Å². The number of ether oxygens (including phenoxy) is 1. The van der Waals surface area contributed by atoms with E-state index in [-0.39, 0.29) is 53.4 Å². The van der Waals surface area contributed by atoms with E-state index in [9.17, 15) is 18.0 Å². The molecule has 3 aromatic carbocycles. The van der Waals surface area contributed by atoms with Crippen molar-refractivity contribution in [3.05, 3.63) is 116 Å². The molecule has 46 heavy (non-hydrogen) atoms. The molecule has 0 spiro atoms. The summed E-state index contributed by atoms with van der Waals surface area (Å²) in [4.78, 5) is 27.8. The van der Waals surface area contributed by atoms with E-state index in [0.717, 1.165) is 0 Å². The molecule has 13 heteroatoms. The number of halogens is 3. The van der Waals surface area contributed by atoms with Gasteiger partial charge in [0.1, 0.15) is 11.3 Å². The van der Waals surface area contributed by atoms with E-state index < -0.39 is 16.0 Å². The molecule has 1 amide bonds. The fourth-order valence-corrected chi connectivity index (χ4v) is 7.40. The number of fused-ring (bicyclic) bond motifs is 1. The number of benzene rings is 3. The SMILES string of the molecule is CCOC(=O)c1oc2ccc(S(=O)(=O)N(CC)c3ccc(Cl)cc3CN(Cc3ccc(Br)o3)C(=O)c3ccccc3Cl)cc2c1C. The Morgan fingerprint density at radius 2 is 1.70 bits per heavy atom. The number of sulfonamides is 1. The maximum absolute atomic E-state index is 14.2. The summed E-state index contributed by atoms with van der Waals surface area (Å²) in [5.41, 5.74) is 1.92. The Morgan fingerprint density at radius 3 is 2.37 bits per heavy atom. The molecule has 9 nitrogen and oxygen atoms in total. The second-order valence-corrected chi connectivity index (χ2v) is 13.7. The Bertz CT molecular complexity index is 2040. The van der Waals surface area contributed by atoms with Crippen LogP contribution in [0.15, 0.2) is 91.2 Å². The maximum atomic E-state index is 14.2. The largest absolute Gasteiger partial charge is 0.460 e. The van der Waals surface area contributed by atoms with Crippen LogP contribution in [0.25, 0.3) is 11.0 Å². The van der Waals surface area contributed by atoms with Crippen LogP contribution in [0.5, 0.6) is 0 Å². The fraction of sp³-hybridized carbons (Fsp3) is 0.212. The van der Waals surface area contributed by atoms with E-state index in [1.54, 1.807) is 75.4 Å². The zero-order valence-electron chi connectivity index (χ0n) is 25.1. The number of carbonyl (C=O) groups is 2. The van der Waals surface area contributed by atoms with Gasteiger partial charge in [-0.15, -0.1) is 0 Å². The minimum absolute atomic E-state index is 0.00788. The quantitative estimate of drug-likeness (QED) is 0.124. The predicted molar refractivity (Wildman–Crippen MR) is 180 cm³/mol. The summed E-state index contributed by atoms with van der Waals surface area (Å²) in [5.74, 6) is -0.486. The van der Waals surface area contributed by atoms with Crippen LogP contribution in [0.3, 0.4) is 0 Å². The lowest BCUT2D eigenvalue weighted by Crippen LogP contribution is -2.34. The lowest BCUT2D eigenvalue weighted by molar-refractivity contribution is 0.0491. The first-order chi connectivity index (χ1) is 21.9. The summed E-state index contributed by atoms with van der Waals surface area (Å²) >= 11 is 16.1. The molecule has 2 heterocycles. The first-order valence-corrected chi connectivity index (χ1v) is 17.2. The van der Waals surface area contributed by atoms with Crippen molar-refractivity contribution in [2.24, 2.45) is 0 Å². The number of nitrogens with zero attached hydrogens (tertiary/aromatic N) is 2. The van der Waals surface area contributed by atoms with Crippen LogP contribution in [0, 0.1) is 6.92 Å². The van der Waals surface area contributed by atoms with Crippen molar-refractivity contribution in [1.29, 1.82) is 0 Å². The highest BCUT2D eigenvalue weighted by atomic mass is 79.9. The van der Waals surface area contributed by atoms with Crippen LogP contribution < -0.4 is 4.31 Å². The Hall–Kier alpha value is -3.77. The summed E-state index contributed by atoms with van der Waals surface area (Å²) in [6.45, 7) is 5.36. The zero-order chi connectivity index (χ0) is 33.2. The molecule has 0 unspecified atom stereocenters. The van der Waals surface area contributed by atoms with Crippen molar-refractivity contribution in [3.63, 3.8) is 0 Å². The van der Waals surface area contributed by atoms with E-state index in [2.05, 4.69) is 15.9 Å². The first kappa shape index (κ1) is 33.6. The molecule has 0 saturated heterocycles. The third-order valence-electron chi connectivity index (χ3n) is 7.28. The topological polar surface area (TPSA) is 110 Å². The van der Waals surface area contributed by atoms with Gasteiger partial charge in [-0.2, -0.15) is 0 Å². The Labute approximate surface area is 284 Å². The van der Waals surface area contributed by atoms with Crippen molar-refractivity contribution in [1.82, 2.24) is 4.90 Å². The van der Waals surface area contributed by atoms with E-state index in [4.69, 9.17) is 36.8 Å². The molecular weight excluding hydrogens is 719 g/mol. The second-order valence-electron chi connectivity index (χ2n) is 10.2. The van der Waals surface area contributed by atoms with Crippen molar-refractivity contribution in [2.45, 2.75) is 38.8 Å². The summed E-state index contributed by atoms with van der Waals surface area (Å²) in [6, 6.07) is 19.4. The van der Waals surface area contributed by atoms with Gasteiger partial charge in [0.2, 0.25) is 5.76 Å². The van der Waals surface area contributed by atoms with Gasteiger partial charge in [0.15, 0.2) is 4.67 Å². The smallest absolute Gasteiger partial charge is 0.374 e. The molecule has 0 radical (unpaired) electrons. The average Bonchev–Trinajstić information content (AvgIpc) is 3.59. The van der Waals surface area contributed by atoms with E-state index in [1.807, 2.05) is 0 Å². The number of rotatable bonds is 11. The maximum Gasteiger partial charge on any atom is 0.374 e. The lowest BCUT2D eigenvalue weighted by atomic mass is 10.1. The standard InChI is InChI=1S/C33H29BrCl2N2O7S/c1-4-38(46(41,42)24-12-14-29-26(17-24)20(3)31(45-29)33(40)43-5-2)28-13-10-22(35)16-21(28)18-37(19-23-11-15-30(34)44-23)32(39)25-8-6-7-9-27(25)36/h6-17H,4-5,18-19H2,1-3H3. The van der Waals surface area contributed by atoms with Crippen LogP contribution in [0.1, 0.15) is 51.6 Å². The van der Waals surface area contributed by atoms with Gasteiger partial charge in [-0.05, 0) is 103 Å². The molecule has 0 aliphatic carbocycles. The number of esters is 1. The van der Waals surface area contributed by atoms with Crippen LogP contribution in [-0.2, 0) is 27.8 Å². The van der Waals surface area contributed by atoms with E-state index >= 15 is 0 Å². The van der Waals surface area contributed by atoms with Gasteiger partial charge in [0, 0.05) is 29.1 Å².